The first-order valence-electron chi connectivity index (χ1n) is 10.9. The summed E-state index contributed by atoms with van der Waals surface area (Å²) in [5.41, 5.74) is 6.11. The zero-order valence-electron chi connectivity index (χ0n) is 17.2. The summed E-state index contributed by atoms with van der Waals surface area (Å²) in [4.78, 5) is 2.94. The summed E-state index contributed by atoms with van der Waals surface area (Å²) in [5.74, 6) is 3.50. The van der Waals surface area contributed by atoms with E-state index >= 15 is 0 Å². The van der Waals surface area contributed by atoms with Crippen molar-refractivity contribution in [2.75, 3.05) is 13.1 Å². The Morgan fingerprint density at radius 2 is 1.79 bits per heavy atom. The Morgan fingerprint density at radius 1 is 1.04 bits per heavy atom. The molecule has 2 N–H and O–H groups in total. The van der Waals surface area contributed by atoms with E-state index in [1.165, 1.54) is 64.3 Å². The predicted molar refractivity (Wildman–Crippen MR) is 106 cm³/mol. The highest BCUT2D eigenvalue weighted by Gasteiger charge is 2.50. The maximum absolute atomic E-state index is 5.76. The molecule has 0 amide bonds. The van der Waals surface area contributed by atoms with Gasteiger partial charge in [0.05, 0.1) is 0 Å². The molecule has 0 radical (unpaired) electrons. The van der Waals surface area contributed by atoms with Gasteiger partial charge in [-0.25, -0.2) is 0 Å². The molecule has 0 aromatic rings. The summed E-state index contributed by atoms with van der Waals surface area (Å²) in [6.45, 7) is 14.6. The third-order valence-corrected chi connectivity index (χ3v) is 7.76. The number of nitrogens with zero attached hydrogens (tertiary/aromatic N) is 1. The molecule has 2 rings (SSSR count). The quantitative estimate of drug-likeness (QED) is 0.597. The lowest BCUT2D eigenvalue weighted by Crippen LogP contribution is -2.64. The largest absolute Gasteiger partial charge is 0.330 e. The average Bonchev–Trinajstić information content (AvgIpc) is 2.57. The number of piperidine rings is 1. The highest BCUT2D eigenvalue weighted by molar-refractivity contribution is 5.03. The second-order valence-electron chi connectivity index (χ2n) is 9.40. The Kier molecular flexibility index (Phi) is 7.61. The van der Waals surface area contributed by atoms with E-state index < -0.39 is 0 Å². The number of rotatable bonds is 8. The minimum atomic E-state index is 0.358. The molecule has 5 atom stereocenters. The van der Waals surface area contributed by atoms with E-state index in [4.69, 9.17) is 5.73 Å². The highest BCUT2D eigenvalue weighted by atomic mass is 15.2. The van der Waals surface area contributed by atoms with Crippen LogP contribution in [0.1, 0.15) is 92.4 Å². The van der Waals surface area contributed by atoms with Gasteiger partial charge in [-0.2, -0.15) is 0 Å². The summed E-state index contributed by atoms with van der Waals surface area (Å²) in [7, 11) is 0. The van der Waals surface area contributed by atoms with Crippen LogP contribution >= 0.6 is 0 Å². The van der Waals surface area contributed by atoms with Crippen LogP contribution in [0.3, 0.4) is 0 Å². The van der Waals surface area contributed by atoms with Gasteiger partial charge in [-0.3, -0.25) is 4.90 Å². The summed E-state index contributed by atoms with van der Waals surface area (Å²) >= 11 is 0. The molecule has 0 aromatic carbocycles. The van der Waals surface area contributed by atoms with Gasteiger partial charge in [-0.05, 0) is 89.1 Å². The Labute approximate surface area is 151 Å². The maximum Gasteiger partial charge on any atom is 0.0184 e. The fourth-order valence-electron chi connectivity index (χ4n) is 5.77. The van der Waals surface area contributed by atoms with Gasteiger partial charge in [-0.1, -0.05) is 40.0 Å². The molecular weight excluding hydrogens is 292 g/mol. The average molecular weight is 337 g/mol. The van der Waals surface area contributed by atoms with Crippen LogP contribution < -0.4 is 5.73 Å². The Balaban J connectivity index is 2.06. The fourth-order valence-corrected chi connectivity index (χ4v) is 5.77. The minimum absolute atomic E-state index is 0.358. The lowest BCUT2D eigenvalue weighted by Gasteiger charge is -2.60. The van der Waals surface area contributed by atoms with E-state index in [0.29, 0.717) is 5.54 Å². The maximum atomic E-state index is 5.76. The van der Waals surface area contributed by atoms with Gasteiger partial charge in [-0.15, -0.1) is 0 Å². The minimum Gasteiger partial charge on any atom is -0.330 e. The topological polar surface area (TPSA) is 29.3 Å². The van der Waals surface area contributed by atoms with Gasteiger partial charge in [0.1, 0.15) is 0 Å². The predicted octanol–water partition coefficient (Wildman–Crippen LogP) is 5.46. The molecule has 2 aliphatic rings. The van der Waals surface area contributed by atoms with Crippen LogP contribution in [0, 0.1) is 23.7 Å². The monoisotopic (exact) mass is 336 g/mol. The number of nitrogens with two attached hydrogens (primary N) is 1. The van der Waals surface area contributed by atoms with Crippen molar-refractivity contribution in [3.8, 4) is 0 Å². The summed E-state index contributed by atoms with van der Waals surface area (Å²) < 4.78 is 0. The molecule has 1 aliphatic heterocycles. The molecule has 0 bridgehead atoms. The molecule has 2 heteroatoms. The first kappa shape index (κ1) is 20.2. The van der Waals surface area contributed by atoms with Gasteiger partial charge >= 0.3 is 0 Å². The summed E-state index contributed by atoms with van der Waals surface area (Å²) in [6, 6.07) is 0.835. The third kappa shape index (κ3) is 4.36. The second kappa shape index (κ2) is 9.03. The van der Waals surface area contributed by atoms with Crippen LogP contribution in [0.4, 0.5) is 0 Å². The molecule has 2 fully saturated rings. The van der Waals surface area contributed by atoms with Crippen LogP contribution in [0.15, 0.2) is 0 Å². The molecule has 1 aliphatic carbocycles. The summed E-state index contributed by atoms with van der Waals surface area (Å²) in [6.07, 6.45) is 12.4. The van der Waals surface area contributed by atoms with Crippen molar-refractivity contribution in [2.24, 2.45) is 29.4 Å². The Morgan fingerprint density at radius 3 is 2.46 bits per heavy atom. The van der Waals surface area contributed by atoms with Crippen molar-refractivity contribution >= 4 is 0 Å². The third-order valence-electron chi connectivity index (χ3n) is 7.76. The zero-order chi connectivity index (χ0) is 17.7. The van der Waals surface area contributed by atoms with E-state index in [0.717, 1.165) is 36.3 Å². The van der Waals surface area contributed by atoms with Gasteiger partial charge in [0.15, 0.2) is 0 Å². The zero-order valence-corrected chi connectivity index (χ0v) is 17.2. The SMILES string of the molecule is CCCCCCN1C2CCC(CCCN)CC2C(C)C(C)C1(C)C. The van der Waals surface area contributed by atoms with Crippen LogP contribution in [-0.2, 0) is 0 Å². The Bertz CT molecular complexity index is 365. The standard InChI is InChI=1S/C22H44N2/c1-6-7-8-9-15-24-21-13-12-19(11-10-14-23)16-20(21)17(2)18(3)22(24,4)5/h17-21H,6-16,23H2,1-5H3. The first-order valence-corrected chi connectivity index (χ1v) is 10.9. The number of hydrogen-bond acceptors (Lipinski definition) is 2. The molecule has 142 valence electrons. The number of fused-ring (bicyclic) bond motifs is 1. The molecule has 1 saturated heterocycles. The van der Waals surface area contributed by atoms with Crippen molar-refractivity contribution in [2.45, 2.75) is 104 Å². The van der Waals surface area contributed by atoms with E-state index in [1.54, 1.807) is 0 Å². The fraction of sp³-hybridized carbons (Fsp3) is 1.00. The number of likely N-dealkylation sites (tertiary alicyclic amines) is 1. The summed E-state index contributed by atoms with van der Waals surface area (Å²) in [5, 5.41) is 0. The molecular formula is C22H44N2. The Hall–Kier alpha value is -0.0800. The van der Waals surface area contributed by atoms with Crippen molar-refractivity contribution < 1.29 is 0 Å². The molecule has 2 nitrogen and oxygen atoms in total. The highest BCUT2D eigenvalue weighted by Crippen LogP contribution is 2.50. The smallest absolute Gasteiger partial charge is 0.0184 e. The van der Waals surface area contributed by atoms with Crippen molar-refractivity contribution in [3.05, 3.63) is 0 Å². The van der Waals surface area contributed by atoms with Crippen molar-refractivity contribution in [1.82, 2.24) is 4.90 Å². The number of hydrogen-bond donors (Lipinski definition) is 1. The van der Waals surface area contributed by atoms with Gasteiger partial charge in [0, 0.05) is 11.6 Å². The number of unbranched alkanes of at least 4 members (excludes halogenated alkanes) is 3. The molecule has 0 aromatic heterocycles. The molecule has 5 unspecified atom stereocenters. The first-order chi connectivity index (χ1) is 11.4. The van der Waals surface area contributed by atoms with Crippen LogP contribution in [-0.4, -0.2) is 29.6 Å². The molecule has 0 spiro atoms. The van der Waals surface area contributed by atoms with Crippen molar-refractivity contribution in [1.29, 1.82) is 0 Å². The van der Waals surface area contributed by atoms with E-state index in [2.05, 4.69) is 39.5 Å². The normalized spacial score (nSPS) is 36.5. The van der Waals surface area contributed by atoms with Gasteiger partial charge < -0.3 is 5.73 Å². The van der Waals surface area contributed by atoms with Crippen LogP contribution in [0.2, 0.25) is 0 Å². The van der Waals surface area contributed by atoms with Crippen LogP contribution in [0.25, 0.3) is 0 Å². The van der Waals surface area contributed by atoms with Gasteiger partial charge in [0.2, 0.25) is 0 Å². The van der Waals surface area contributed by atoms with E-state index in [9.17, 15) is 0 Å². The van der Waals surface area contributed by atoms with Crippen LogP contribution in [0.5, 0.6) is 0 Å². The van der Waals surface area contributed by atoms with Gasteiger partial charge in [0.25, 0.3) is 0 Å². The van der Waals surface area contributed by atoms with E-state index in [-0.39, 0.29) is 0 Å². The van der Waals surface area contributed by atoms with Crippen molar-refractivity contribution in [3.63, 3.8) is 0 Å². The lowest BCUT2D eigenvalue weighted by atomic mass is 9.60. The molecule has 1 heterocycles. The second-order valence-corrected chi connectivity index (χ2v) is 9.40. The van der Waals surface area contributed by atoms with E-state index in [1.807, 2.05) is 0 Å². The molecule has 24 heavy (non-hydrogen) atoms. The molecule has 1 saturated carbocycles. The lowest BCUT2D eigenvalue weighted by molar-refractivity contribution is -0.105.